The van der Waals surface area contributed by atoms with Crippen LogP contribution in [0.1, 0.15) is 34.6 Å². The molecule has 2 aromatic heterocycles. The lowest BCUT2D eigenvalue weighted by molar-refractivity contribution is -0.117. The first-order chi connectivity index (χ1) is 20.5. The molecule has 0 radical (unpaired) electrons. The molecule has 5 rings (SSSR count). The van der Waals surface area contributed by atoms with Crippen LogP contribution in [-0.2, 0) is 16.0 Å². The van der Waals surface area contributed by atoms with Gasteiger partial charge in [-0.15, -0.1) is 0 Å². The number of nitrogens with zero attached hydrogens (tertiary/aromatic N) is 3. The molecule has 0 aliphatic heterocycles. The van der Waals surface area contributed by atoms with Crippen molar-refractivity contribution in [1.29, 1.82) is 0 Å². The number of hydrogen-bond donors (Lipinski definition) is 1. The highest BCUT2D eigenvalue weighted by atomic mass is 32.1. The summed E-state index contributed by atoms with van der Waals surface area (Å²) in [5.74, 6) is -0.834. The summed E-state index contributed by atoms with van der Waals surface area (Å²) in [6.45, 7) is 4.04. The van der Waals surface area contributed by atoms with Crippen molar-refractivity contribution in [1.82, 2.24) is 19.9 Å². The van der Waals surface area contributed by atoms with Gasteiger partial charge in [-0.2, -0.15) is 4.98 Å². The Hall–Kier alpha value is -5.02. The van der Waals surface area contributed by atoms with Crippen molar-refractivity contribution in [3.8, 4) is 16.8 Å². The van der Waals surface area contributed by atoms with Gasteiger partial charge >= 0.3 is 11.7 Å². The van der Waals surface area contributed by atoms with Gasteiger partial charge in [0.05, 0.1) is 22.6 Å². The fourth-order valence-corrected chi connectivity index (χ4v) is 5.00. The van der Waals surface area contributed by atoms with Crippen LogP contribution in [0.15, 0.2) is 95.8 Å². The molecule has 4 aromatic rings. The maximum absolute atomic E-state index is 13.6. The number of thiocarbonyl (C=S) groups is 1. The Balaban J connectivity index is 1.76. The summed E-state index contributed by atoms with van der Waals surface area (Å²) in [7, 11) is 0. The molecule has 0 atom stereocenters. The Bertz CT molecular complexity index is 1790. The molecule has 1 aliphatic carbocycles. The van der Waals surface area contributed by atoms with E-state index in [1.165, 1.54) is 16.0 Å². The van der Waals surface area contributed by atoms with Crippen LogP contribution in [0.25, 0.3) is 33.9 Å². The lowest BCUT2D eigenvalue weighted by atomic mass is 9.93. The predicted molar refractivity (Wildman–Crippen MR) is 168 cm³/mol. The van der Waals surface area contributed by atoms with Crippen molar-refractivity contribution < 1.29 is 14.3 Å². The van der Waals surface area contributed by atoms with Crippen LogP contribution in [0.4, 0.5) is 0 Å². The first kappa shape index (κ1) is 28.5. The van der Waals surface area contributed by atoms with Crippen LogP contribution < -0.4 is 11.0 Å². The van der Waals surface area contributed by atoms with Gasteiger partial charge in [0.1, 0.15) is 6.61 Å². The third kappa shape index (κ3) is 5.87. The Morgan fingerprint density at radius 3 is 2.45 bits per heavy atom. The number of carbonyl (C=O) groups excluding carboxylic acids is 2. The van der Waals surface area contributed by atoms with Crippen molar-refractivity contribution in [2.75, 3.05) is 13.2 Å². The van der Waals surface area contributed by atoms with Crippen molar-refractivity contribution >= 4 is 46.6 Å². The molecule has 8 nitrogen and oxygen atoms in total. The summed E-state index contributed by atoms with van der Waals surface area (Å²) in [6.07, 6.45) is 9.06. The van der Waals surface area contributed by atoms with E-state index in [9.17, 15) is 14.4 Å². The number of fused-ring (bicyclic) bond motifs is 1. The van der Waals surface area contributed by atoms with Gasteiger partial charge < -0.3 is 10.1 Å². The first-order valence-corrected chi connectivity index (χ1v) is 14.0. The molecular weight excluding hydrogens is 548 g/mol. The monoisotopic (exact) mass is 576 g/mol. The van der Waals surface area contributed by atoms with Crippen LogP contribution in [0.5, 0.6) is 0 Å². The maximum Gasteiger partial charge on any atom is 0.354 e. The minimum absolute atomic E-state index is 0.0675. The SMILES string of the molecule is C=Cc1nc2c(c(CCNC(=O)C3=CCCC=C3)nc(=O)n2-c2ccccc2)c(-c2ccccc2)c1C(=O)OCC=S. The number of hydrogen-bond acceptors (Lipinski definition) is 7. The molecule has 1 aliphatic rings. The average Bonchev–Trinajstić information content (AvgIpc) is 3.03. The highest BCUT2D eigenvalue weighted by Gasteiger charge is 2.27. The van der Waals surface area contributed by atoms with E-state index >= 15 is 0 Å². The molecule has 0 unspecified atom stereocenters. The number of esters is 1. The lowest BCUT2D eigenvalue weighted by Gasteiger charge is -2.20. The van der Waals surface area contributed by atoms with E-state index < -0.39 is 11.7 Å². The molecule has 0 fully saturated rings. The van der Waals surface area contributed by atoms with E-state index in [1.54, 1.807) is 18.2 Å². The molecule has 0 spiro atoms. The molecule has 0 saturated heterocycles. The van der Waals surface area contributed by atoms with Gasteiger partial charge in [0.15, 0.2) is 5.65 Å². The van der Waals surface area contributed by atoms with Crippen molar-refractivity contribution in [3.05, 3.63) is 118 Å². The number of amides is 1. The number of allylic oxidation sites excluding steroid dienone is 2. The quantitative estimate of drug-likeness (QED) is 0.205. The number of rotatable bonds is 10. The summed E-state index contributed by atoms with van der Waals surface area (Å²) >= 11 is 4.88. The van der Waals surface area contributed by atoms with Crippen LogP contribution in [0, 0.1) is 0 Å². The summed E-state index contributed by atoms with van der Waals surface area (Å²) in [5, 5.41) is 4.74. The number of carbonyl (C=O) groups is 2. The van der Waals surface area contributed by atoms with Crippen molar-refractivity contribution in [3.63, 3.8) is 0 Å². The second kappa shape index (κ2) is 13.1. The Labute approximate surface area is 248 Å². The van der Waals surface area contributed by atoms with Gasteiger partial charge in [0.2, 0.25) is 0 Å². The van der Waals surface area contributed by atoms with Crippen LogP contribution >= 0.6 is 12.2 Å². The normalized spacial score (nSPS) is 12.4. The second-order valence-electron chi connectivity index (χ2n) is 9.44. The fraction of sp³-hybridized carbons (Fsp3) is 0.152. The standard InChI is InChI=1S/C33H28N4O4S/c1-2-25-29(32(39)41-20-21-42)27(22-12-6-3-7-13-22)28-26(18-19-34-31(38)23-14-8-4-9-15-23)36-33(40)37(30(28)35-25)24-16-10-5-11-17-24/h2-3,5-8,10-17,21H,1,4,9,18-20H2,(H,34,38). The molecule has 1 amide bonds. The second-order valence-corrected chi connectivity index (χ2v) is 9.77. The number of aromatic nitrogens is 3. The number of pyridine rings is 1. The first-order valence-electron chi connectivity index (χ1n) is 13.5. The lowest BCUT2D eigenvalue weighted by Crippen LogP contribution is -2.30. The summed E-state index contributed by atoms with van der Waals surface area (Å²) < 4.78 is 6.86. The molecule has 9 heteroatoms. The molecule has 2 heterocycles. The molecular formula is C33H28N4O4S. The molecule has 2 aromatic carbocycles. The van der Waals surface area contributed by atoms with Crippen molar-refractivity contribution in [2.24, 2.45) is 0 Å². The van der Waals surface area contributed by atoms with Gasteiger partial charge in [0, 0.05) is 34.9 Å². The summed E-state index contributed by atoms with van der Waals surface area (Å²) in [5.41, 5.74) is 2.96. The van der Waals surface area contributed by atoms with E-state index in [1.807, 2.05) is 60.7 Å². The van der Waals surface area contributed by atoms with Gasteiger partial charge in [-0.3, -0.25) is 4.79 Å². The predicted octanol–water partition coefficient (Wildman–Crippen LogP) is 5.18. The van der Waals surface area contributed by atoms with E-state index in [4.69, 9.17) is 21.9 Å². The number of ether oxygens (including phenoxy) is 1. The topological polar surface area (TPSA) is 103 Å². The van der Waals surface area contributed by atoms with Crippen LogP contribution in [0.3, 0.4) is 0 Å². The fourth-order valence-electron chi connectivity index (χ4n) is 4.94. The molecule has 0 saturated carbocycles. The van der Waals surface area contributed by atoms with Gasteiger partial charge in [0.25, 0.3) is 5.91 Å². The summed E-state index contributed by atoms with van der Waals surface area (Å²) in [4.78, 5) is 49.1. The zero-order valence-electron chi connectivity index (χ0n) is 22.8. The minimum Gasteiger partial charge on any atom is -0.457 e. The highest BCUT2D eigenvalue weighted by molar-refractivity contribution is 7.79. The van der Waals surface area contributed by atoms with Gasteiger partial charge in [-0.05, 0) is 36.6 Å². The van der Waals surface area contributed by atoms with E-state index in [-0.39, 0.29) is 36.7 Å². The molecule has 42 heavy (non-hydrogen) atoms. The molecule has 0 bridgehead atoms. The van der Waals surface area contributed by atoms with Crippen molar-refractivity contribution in [2.45, 2.75) is 19.3 Å². The van der Waals surface area contributed by atoms with E-state index in [2.05, 4.69) is 16.9 Å². The minimum atomic E-state index is -0.632. The van der Waals surface area contributed by atoms with Crippen LogP contribution in [-0.4, -0.2) is 44.9 Å². The number of benzene rings is 2. The Kier molecular flexibility index (Phi) is 8.89. The third-order valence-electron chi connectivity index (χ3n) is 6.79. The third-order valence-corrected chi connectivity index (χ3v) is 6.93. The van der Waals surface area contributed by atoms with E-state index in [0.717, 1.165) is 12.8 Å². The largest absolute Gasteiger partial charge is 0.457 e. The van der Waals surface area contributed by atoms with Gasteiger partial charge in [-0.1, -0.05) is 85.6 Å². The summed E-state index contributed by atoms with van der Waals surface area (Å²) in [6, 6.07) is 18.4. The number of para-hydroxylation sites is 1. The van der Waals surface area contributed by atoms with E-state index in [0.29, 0.717) is 39.1 Å². The average molecular weight is 577 g/mol. The molecule has 210 valence electrons. The van der Waals surface area contributed by atoms with Gasteiger partial charge in [-0.25, -0.2) is 19.1 Å². The zero-order chi connectivity index (χ0) is 29.5. The maximum atomic E-state index is 13.6. The van der Waals surface area contributed by atoms with Crippen LogP contribution in [0.2, 0.25) is 0 Å². The highest BCUT2D eigenvalue weighted by Crippen LogP contribution is 2.36. The smallest absolute Gasteiger partial charge is 0.354 e. The Morgan fingerprint density at radius 1 is 1.05 bits per heavy atom. The number of nitrogens with one attached hydrogen (secondary N) is 1. The zero-order valence-corrected chi connectivity index (χ0v) is 23.6. The molecule has 1 N–H and O–H groups in total. The Morgan fingerprint density at radius 2 is 1.79 bits per heavy atom.